The first-order valence-corrected chi connectivity index (χ1v) is 27.8. The SMILES string of the molecule is CO[C@@H]1/C=C/C=C(\C)Cc2cc(C)c(Cl)c(c2)N(C)C(=O)C[C@H](OC(=O)Nc2ccc(CC(=O)[C@H](CCCNC(N)=O)NC(=O)[C@@H](CC(=O)CCCCCN3C(=O)C=CC3=O)C(C)C)cc2F)[C@]2(C)O[C@H]2[C@H](C)[C@@H]2C[C@@]1(O)CC(=O)O2. The number of halogens is 2. The van der Waals surface area contributed by atoms with Crippen molar-refractivity contribution < 1.29 is 71.6 Å². The van der Waals surface area contributed by atoms with Crippen LogP contribution in [0.4, 0.5) is 25.4 Å². The number of imide groups is 1. The minimum atomic E-state index is -1.66. The molecule has 7 amide bonds. The molecule has 0 aliphatic carbocycles. The summed E-state index contributed by atoms with van der Waals surface area (Å²) in [6, 6.07) is 5.50. The fourth-order valence-electron chi connectivity index (χ4n) is 10.8. The van der Waals surface area contributed by atoms with Crippen LogP contribution in [0.3, 0.4) is 0 Å². The van der Waals surface area contributed by atoms with Crippen LogP contribution in [0.1, 0.15) is 116 Å². The van der Waals surface area contributed by atoms with Gasteiger partial charge < -0.3 is 45.3 Å². The Bertz CT molecular complexity index is 2820. The number of ether oxygens (including phenoxy) is 4. The highest BCUT2D eigenvalue weighted by atomic mass is 35.5. The molecule has 6 rings (SSSR count). The number of amides is 7. The van der Waals surface area contributed by atoms with E-state index >= 15 is 4.39 Å². The summed E-state index contributed by atoms with van der Waals surface area (Å²) in [7, 11) is 2.98. The Hall–Kier alpha value is -6.81. The van der Waals surface area contributed by atoms with E-state index in [1.54, 1.807) is 53.0 Å². The average molecular weight is 1150 g/mol. The van der Waals surface area contributed by atoms with Gasteiger partial charge in [-0.15, -0.1) is 0 Å². The first-order valence-electron chi connectivity index (χ1n) is 27.4. The summed E-state index contributed by atoms with van der Waals surface area (Å²) in [5, 5.41) is 19.9. The van der Waals surface area contributed by atoms with Crippen LogP contribution in [-0.4, -0.2) is 132 Å². The van der Waals surface area contributed by atoms with Gasteiger partial charge in [-0.1, -0.05) is 74.7 Å². The summed E-state index contributed by atoms with van der Waals surface area (Å²) < 4.78 is 39.8. The molecule has 440 valence electrons. The van der Waals surface area contributed by atoms with Gasteiger partial charge in [0.1, 0.15) is 41.1 Å². The number of esters is 1. The van der Waals surface area contributed by atoms with Gasteiger partial charge in [-0.3, -0.25) is 43.8 Å². The molecule has 9 atom stereocenters. The number of urea groups is 1. The van der Waals surface area contributed by atoms with E-state index in [0.717, 1.165) is 22.1 Å². The first kappa shape index (κ1) is 63.4. The largest absolute Gasteiger partial charge is 0.462 e. The minimum absolute atomic E-state index is 0.0253. The number of rotatable bonds is 21. The van der Waals surface area contributed by atoms with Crippen LogP contribution < -0.4 is 26.6 Å². The summed E-state index contributed by atoms with van der Waals surface area (Å²) in [5.41, 5.74) is 4.96. The number of fused-ring (bicyclic) bond motifs is 5. The molecule has 81 heavy (non-hydrogen) atoms. The summed E-state index contributed by atoms with van der Waals surface area (Å²) in [6.45, 7) is 11.0. The van der Waals surface area contributed by atoms with Gasteiger partial charge in [-0.2, -0.15) is 0 Å². The van der Waals surface area contributed by atoms with Gasteiger partial charge >= 0.3 is 18.1 Å². The lowest BCUT2D eigenvalue weighted by atomic mass is 9.78. The lowest BCUT2D eigenvalue weighted by Crippen LogP contribution is -2.53. The monoisotopic (exact) mass is 1150 g/mol. The van der Waals surface area contributed by atoms with Crippen molar-refractivity contribution in [2.75, 3.05) is 37.5 Å². The second-order valence-corrected chi connectivity index (χ2v) is 22.6. The predicted octanol–water partition coefficient (Wildman–Crippen LogP) is 6.82. The Labute approximate surface area is 476 Å². The van der Waals surface area contributed by atoms with Crippen LogP contribution in [0.5, 0.6) is 0 Å². The summed E-state index contributed by atoms with van der Waals surface area (Å²) in [4.78, 5) is 120. The van der Waals surface area contributed by atoms with E-state index in [1.807, 2.05) is 26.0 Å². The molecule has 2 aromatic carbocycles. The molecule has 0 radical (unpaired) electrons. The second kappa shape index (κ2) is 27.8. The molecule has 0 saturated carbocycles. The van der Waals surface area contributed by atoms with Crippen molar-refractivity contribution in [3.05, 3.63) is 93.8 Å². The molecular weight excluding hydrogens is 1070 g/mol. The number of epoxide rings is 1. The molecule has 4 bridgehead atoms. The highest BCUT2D eigenvalue weighted by Crippen LogP contribution is 2.50. The molecular formula is C59H76ClFN6O14. The van der Waals surface area contributed by atoms with Crippen molar-refractivity contribution in [1.82, 2.24) is 15.5 Å². The van der Waals surface area contributed by atoms with E-state index in [-0.39, 0.29) is 92.8 Å². The van der Waals surface area contributed by atoms with Gasteiger partial charge in [-0.25, -0.2) is 14.0 Å². The molecule has 2 saturated heterocycles. The van der Waals surface area contributed by atoms with E-state index < -0.39 is 101 Å². The molecule has 0 unspecified atom stereocenters. The van der Waals surface area contributed by atoms with Crippen LogP contribution in [0.25, 0.3) is 0 Å². The summed E-state index contributed by atoms with van der Waals surface area (Å²) in [6.07, 6.45) is 3.95. The number of carbonyl (C=O) groups is 9. The number of Topliss-reactive ketones (excluding diaryl/α,β-unsaturated/α-hetero) is 2. The predicted molar refractivity (Wildman–Crippen MR) is 298 cm³/mol. The zero-order valence-corrected chi connectivity index (χ0v) is 48.0. The first-order chi connectivity index (χ1) is 38.2. The van der Waals surface area contributed by atoms with Crippen LogP contribution in [-0.2, 0) is 65.4 Å². The normalized spacial score (nSPS) is 25.7. The second-order valence-electron chi connectivity index (χ2n) is 22.3. The Kier molecular flexibility index (Phi) is 21.7. The maximum Gasteiger partial charge on any atom is 0.412 e. The molecule has 0 aromatic heterocycles. The standard InChI is InChI=1S/C59H76ClFN6O14/c1-33(2)40(29-39(68)15-10-9-11-23-67-49(70)20-21-50(67)71)55(74)64-43(16-13-22-63-56(62)75)45(69)28-37-18-19-42(41(61)26-37)65-57(76)80-48-30-51(72)66(7)44-27-38(25-35(4)53(44)60)24-34(3)14-12-17-47(78-8)59(77)31-46(79-52(73)32-59)36(5)54-58(48,6)81-54/h12,14,17-21,25-27,33,36,40,43,46-48,54,77H,9-11,13,15-16,22-24,28-32H2,1-8H3,(H,64,74)(H,65,76)(H3,62,63,75)/b17-12+,34-14+/t36-,40+,43+,46+,47-,48+,54+,58+,59-/m1/s1. The summed E-state index contributed by atoms with van der Waals surface area (Å²) in [5.74, 6) is -5.78. The maximum atomic E-state index is 16.1. The lowest BCUT2D eigenvalue weighted by Gasteiger charge is -2.41. The zero-order valence-electron chi connectivity index (χ0n) is 47.3. The number of aryl methyl sites for hydroxylation is 1. The smallest absolute Gasteiger partial charge is 0.412 e. The highest BCUT2D eigenvalue weighted by molar-refractivity contribution is 6.34. The number of hydrogen-bond donors (Lipinski definition) is 5. The molecule has 2 fully saturated rings. The van der Waals surface area contributed by atoms with Gasteiger partial charge in [0.25, 0.3) is 11.8 Å². The van der Waals surface area contributed by atoms with Gasteiger partial charge in [0.2, 0.25) is 11.8 Å². The minimum Gasteiger partial charge on any atom is -0.462 e. The van der Waals surface area contributed by atoms with Crippen molar-refractivity contribution in [1.29, 1.82) is 0 Å². The number of primary amides is 1. The van der Waals surface area contributed by atoms with Gasteiger partial charge in [0.15, 0.2) is 5.78 Å². The summed E-state index contributed by atoms with van der Waals surface area (Å²) >= 11 is 6.82. The van der Waals surface area contributed by atoms with Crippen LogP contribution in [0.15, 0.2) is 66.3 Å². The van der Waals surface area contributed by atoms with E-state index in [1.165, 1.54) is 36.3 Å². The number of unbranched alkanes of at least 4 members (excludes halogenated alkanes) is 2. The fourth-order valence-corrected chi connectivity index (χ4v) is 11.0. The van der Waals surface area contributed by atoms with Crippen LogP contribution in [0, 0.1) is 30.5 Å². The molecule has 2 aromatic rings. The van der Waals surface area contributed by atoms with Crippen molar-refractivity contribution in [2.45, 2.75) is 160 Å². The number of nitrogens with zero attached hydrogens (tertiary/aromatic N) is 2. The number of ketones is 2. The molecule has 0 spiro atoms. The molecule has 6 N–H and O–H groups in total. The number of carbonyl (C=O) groups excluding carboxylic acids is 9. The number of benzene rings is 2. The van der Waals surface area contributed by atoms with Gasteiger partial charge in [-0.05, 0) is 93.7 Å². The number of hydrogen-bond acceptors (Lipinski definition) is 14. The highest BCUT2D eigenvalue weighted by Gasteiger charge is 2.64. The molecule has 4 aliphatic rings. The van der Waals surface area contributed by atoms with Crippen molar-refractivity contribution in [3.63, 3.8) is 0 Å². The third kappa shape index (κ3) is 16.7. The van der Waals surface area contributed by atoms with Crippen molar-refractivity contribution in [2.24, 2.45) is 23.5 Å². The van der Waals surface area contributed by atoms with Crippen molar-refractivity contribution >= 4 is 76.3 Å². The zero-order chi connectivity index (χ0) is 59.5. The van der Waals surface area contributed by atoms with E-state index in [2.05, 4.69) is 16.0 Å². The Morgan fingerprint density at radius 3 is 2.40 bits per heavy atom. The lowest BCUT2D eigenvalue weighted by molar-refractivity contribution is -0.187. The fraction of sp³-hybridized carbons (Fsp3) is 0.542. The Morgan fingerprint density at radius 2 is 1.73 bits per heavy atom. The number of allylic oxidation sites excluding steroid dienone is 3. The average Bonchev–Trinajstić information content (AvgIpc) is 4.00. The van der Waals surface area contributed by atoms with Crippen molar-refractivity contribution in [3.8, 4) is 0 Å². The third-order valence-electron chi connectivity index (χ3n) is 15.6. The van der Waals surface area contributed by atoms with Crippen LogP contribution in [0.2, 0.25) is 5.02 Å². The topological polar surface area (TPSA) is 283 Å². The van der Waals surface area contributed by atoms with Crippen LogP contribution >= 0.6 is 11.6 Å². The Morgan fingerprint density at radius 1 is 1.01 bits per heavy atom. The number of methoxy groups -OCH3 is 1. The van der Waals surface area contributed by atoms with E-state index in [9.17, 15) is 48.3 Å². The number of anilines is 2. The quantitative estimate of drug-likeness (QED) is 0.0371. The maximum absolute atomic E-state index is 16.1. The number of aliphatic hydroxyl groups is 1. The van der Waals surface area contributed by atoms with Gasteiger partial charge in [0.05, 0.1) is 41.4 Å². The molecule has 4 aliphatic heterocycles. The number of nitrogens with two attached hydrogens (primary N) is 1. The van der Waals surface area contributed by atoms with E-state index in [4.69, 9.17) is 36.3 Å². The Balaban J connectivity index is 1.15. The third-order valence-corrected chi connectivity index (χ3v) is 16.1. The molecule has 20 nitrogen and oxygen atoms in total. The van der Waals surface area contributed by atoms with E-state index in [0.29, 0.717) is 42.0 Å². The number of nitrogens with one attached hydrogen (secondary N) is 3. The van der Waals surface area contributed by atoms with Gasteiger partial charge in [0, 0.05) is 76.9 Å². The molecule has 4 heterocycles. The molecule has 22 heteroatoms.